The van der Waals surface area contributed by atoms with Crippen molar-refractivity contribution in [3.8, 4) is 0 Å². The summed E-state index contributed by atoms with van der Waals surface area (Å²) in [6.45, 7) is 5.47. The minimum atomic E-state index is -0.386. The Morgan fingerprint density at radius 1 is 1.03 bits per heavy atom. The van der Waals surface area contributed by atoms with Crippen LogP contribution in [0.5, 0.6) is 0 Å². The molecule has 1 atom stereocenters. The van der Waals surface area contributed by atoms with E-state index in [-0.39, 0.29) is 12.3 Å². The number of carbonyl (C=O) groups excluding carboxylic acids is 1. The summed E-state index contributed by atoms with van der Waals surface area (Å²) in [6.07, 6.45) is 4.19. The SMILES string of the molecule is NC(=O)N(CCCCN1CCN(C2=COC(Cc3ccccc3)O2)CC1)c1cc2ccccc2s1. The van der Waals surface area contributed by atoms with Gasteiger partial charge < -0.3 is 20.1 Å². The summed E-state index contributed by atoms with van der Waals surface area (Å²) >= 11 is 1.61. The second-order valence-corrected chi connectivity index (χ2v) is 10.0. The summed E-state index contributed by atoms with van der Waals surface area (Å²) in [7, 11) is 0. The fraction of sp³-hybridized carbons (Fsp3) is 0.370. The first kappa shape index (κ1) is 23.5. The summed E-state index contributed by atoms with van der Waals surface area (Å²) in [6, 6.07) is 20.1. The van der Waals surface area contributed by atoms with Crippen LogP contribution in [0.1, 0.15) is 18.4 Å². The van der Waals surface area contributed by atoms with Gasteiger partial charge in [-0.3, -0.25) is 9.80 Å². The second kappa shape index (κ2) is 11.0. The predicted octanol–water partition coefficient (Wildman–Crippen LogP) is 4.60. The summed E-state index contributed by atoms with van der Waals surface area (Å²) in [5, 5.41) is 2.07. The van der Waals surface area contributed by atoms with E-state index in [1.54, 1.807) is 22.5 Å². The number of amides is 2. The van der Waals surface area contributed by atoms with Gasteiger partial charge in [-0.05, 0) is 42.5 Å². The molecule has 1 unspecified atom stereocenters. The first-order chi connectivity index (χ1) is 17.2. The average molecular weight is 493 g/mol. The van der Waals surface area contributed by atoms with Gasteiger partial charge in [0.1, 0.15) is 11.3 Å². The first-order valence-electron chi connectivity index (χ1n) is 12.2. The van der Waals surface area contributed by atoms with Gasteiger partial charge in [-0.15, -0.1) is 11.3 Å². The summed E-state index contributed by atoms with van der Waals surface area (Å²) in [5.41, 5.74) is 6.90. The summed E-state index contributed by atoms with van der Waals surface area (Å²) < 4.78 is 13.0. The van der Waals surface area contributed by atoms with Crippen molar-refractivity contribution in [2.75, 3.05) is 44.2 Å². The molecule has 184 valence electrons. The van der Waals surface area contributed by atoms with Crippen molar-refractivity contribution in [1.82, 2.24) is 9.80 Å². The van der Waals surface area contributed by atoms with Crippen LogP contribution in [0.4, 0.5) is 9.80 Å². The lowest BCUT2D eigenvalue weighted by Gasteiger charge is -2.35. The number of rotatable bonds is 9. The van der Waals surface area contributed by atoms with Crippen LogP contribution in [0, 0.1) is 0 Å². The molecule has 2 aliphatic rings. The smallest absolute Gasteiger partial charge is 0.319 e. The number of hydrogen-bond acceptors (Lipinski definition) is 6. The van der Waals surface area contributed by atoms with Gasteiger partial charge in [-0.2, -0.15) is 0 Å². The Morgan fingerprint density at radius 3 is 2.57 bits per heavy atom. The second-order valence-electron chi connectivity index (χ2n) is 8.98. The quantitative estimate of drug-likeness (QED) is 0.442. The van der Waals surface area contributed by atoms with E-state index in [0.717, 1.165) is 68.3 Å². The van der Waals surface area contributed by atoms with Gasteiger partial charge in [-0.1, -0.05) is 48.5 Å². The number of ether oxygens (including phenoxy) is 2. The molecule has 7 nitrogen and oxygen atoms in total. The first-order valence-corrected chi connectivity index (χ1v) is 13.1. The molecule has 3 aromatic rings. The van der Waals surface area contributed by atoms with Crippen LogP contribution < -0.4 is 10.6 Å². The van der Waals surface area contributed by atoms with Crippen LogP contribution in [0.25, 0.3) is 10.1 Å². The molecule has 2 amide bonds. The van der Waals surface area contributed by atoms with Crippen molar-refractivity contribution in [3.63, 3.8) is 0 Å². The lowest BCUT2D eigenvalue weighted by molar-refractivity contribution is -0.0522. The molecule has 5 rings (SSSR count). The van der Waals surface area contributed by atoms with Crippen molar-refractivity contribution in [2.45, 2.75) is 25.6 Å². The van der Waals surface area contributed by atoms with E-state index in [2.05, 4.69) is 40.1 Å². The van der Waals surface area contributed by atoms with Crippen LogP contribution in [-0.2, 0) is 15.9 Å². The highest BCUT2D eigenvalue weighted by molar-refractivity contribution is 7.23. The van der Waals surface area contributed by atoms with Crippen molar-refractivity contribution in [1.29, 1.82) is 0 Å². The van der Waals surface area contributed by atoms with Gasteiger partial charge in [0, 0.05) is 43.8 Å². The fourth-order valence-corrected chi connectivity index (χ4v) is 5.69. The summed E-state index contributed by atoms with van der Waals surface area (Å²) in [4.78, 5) is 18.5. The third-order valence-corrected chi connectivity index (χ3v) is 7.69. The maximum absolute atomic E-state index is 12.1. The van der Waals surface area contributed by atoms with E-state index < -0.39 is 0 Å². The van der Waals surface area contributed by atoms with Crippen molar-refractivity contribution in [3.05, 3.63) is 78.4 Å². The monoisotopic (exact) mass is 492 g/mol. The number of hydrogen-bond donors (Lipinski definition) is 1. The number of primary amides is 1. The minimum absolute atomic E-state index is 0.250. The Kier molecular flexibility index (Phi) is 7.39. The number of urea groups is 1. The molecule has 1 aromatic heterocycles. The Labute approximate surface area is 210 Å². The number of nitrogens with two attached hydrogens (primary N) is 1. The molecule has 0 spiro atoms. The molecule has 3 heterocycles. The Balaban J connectivity index is 1.02. The van der Waals surface area contributed by atoms with Gasteiger partial charge in [-0.25, -0.2) is 4.79 Å². The lowest BCUT2D eigenvalue weighted by Crippen LogP contribution is -2.46. The van der Waals surface area contributed by atoms with Crippen LogP contribution in [-0.4, -0.2) is 61.4 Å². The minimum Gasteiger partial charge on any atom is -0.457 e. The molecule has 0 radical (unpaired) electrons. The molecule has 0 aliphatic carbocycles. The van der Waals surface area contributed by atoms with Gasteiger partial charge in [0.2, 0.25) is 12.2 Å². The Bertz CT molecular complexity index is 1120. The Hall–Kier alpha value is -3.23. The molecule has 0 saturated carbocycles. The maximum Gasteiger partial charge on any atom is 0.319 e. The molecule has 1 fully saturated rings. The number of nitrogens with zero attached hydrogens (tertiary/aromatic N) is 3. The van der Waals surface area contributed by atoms with Crippen LogP contribution in [0.3, 0.4) is 0 Å². The van der Waals surface area contributed by atoms with E-state index in [4.69, 9.17) is 15.2 Å². The molecule has 2 aromatic carbocycles. The van der Waals surface area contributed by atoms with Gasteiger partial charge >= 0.3 is 6.03 Å². The summed E-state index contributed by atoms with van der Waals surface area (Å²) in [5.74, 6) is 0.839. The molecule has 0 bridgehead atoms. The van der Waals surface area contributed by atoms with Crippen LogP contribution in [0.15, 0.2) is 72.8 Å². The number of unbranched alkanes of at least 4 members (excludes halogenated alkanes) is 1. The molecule has 2 aliphatic heterocycles. The number of fused-ring (bicyclic) bond motifs is 1. The van der Waals surface area contributed by atoms with E-state index in [1.807, 2.05) is 30.3 Å². The van der Waals surface area contributed by atoms with Gasteiger partial charge in [0.05, 0.1) is 0 Å². The van der Waals surface area contributed by atoms with Crippen molar-refractivity contribution < 1.29 is 14.3 Å². The zero-order chi connectivity index (χ0) is 24.0. The zero-order valence-electron chi connectivity index (χ0n) is 19.8. The number of carbonyl (C=O) groups is 1. The van der Waals surface area contributed by atoms with Gasteiger partial charge in [0.25, 0.3) is 0 Å². The van der Waals surface area contributed by atoms with Crippen molar-refractivity contribution in [2.24, 2.45) is 5.73 Å². The zero-order valence-corrected chi connectivity index (χ0v) is 20.7. The largest absolute Gasteiger partial charge is 0.457 e. The highest BCUT2D eigenvalue weighted by Crippen LogP contribution is 2.32. The molecule has 8 heteroatoms. The van der Waals surface area contributed by atoms with E-state index in [1.165, 1.54) is 10.3 Å². The maximum atomic E-state index is 12.1. The highest BCUT2D eigenvalue weighted by atomic mass is 32.1. The molecular weight excluding hydrogens is 460 g/mol. The number of piperazine rings is 1. The van der Waals surface area contributed by atoms with Crippen molar-refractivity contribution >= 4 is 32.5 Å². The number of thiophene rings is 1. The van der Waals surface area contributed by atoms with E-state index in [9.17, 15) is 4.79 Å². The molecular formula is C27H32N4O3S. The number of benzene rings is 2. The third kappa shape index (κ3) is 5.89. The highest BCUT2D eigenvalue weighted by Gasteiger charge is 2.27. The number of anilines is 1. The third-order valence-electron chi connectivity index (χ3n) is 6.55. The Morgan fingerprint density at radius 2 is 1.80 bits per heavy atom. The fourth-order valence-electron chi connectivity index (χ4n) is 4.60. The lowest BCUT2D eigenvalue weighted by atomic mass is 10.1. The predicted molar refractivity (Wildman–Crippen MR) is 140 cm³/mol. The average Bonchev–Trinajstić information content (AvgIpc) is 3.52. The standard InChI is InChI=1S/C27H32N4O3S/c28-27(32)31(25-19-22-10-4-5-11-23(22)35-25)13-7-6-12-29-14-16-30(17-15-29)24-20-33-26(34-24)18-21-8-2-1-3-9-21/h1-5,8-11,19-20,26H,6-7,12-18H2,(H2,28,32). The van der Waals surface area contributed by atoms with E-state index >= 15 is 0 Å². The molecule has 1 saturated heterocycles. The van der Waals surface area contributed by atoms with E-state index in [0.29, 0.717) is 6.54 Å². The van der Waals surface area contributed by atoms with Crippen LogP contribution >= 0.6 is 11.3 Å². The molecule has 2 N–H and O–H groups in total. The normalized spacial score (nSPS) is 18.2. The topological polar surface area (TPSA) is 71.3 Å². The van der Waals surface area contributed by atoms with Crippen LogP contribution in [0.2, 0.25) is 0 Å². The molecule has 35 heavy (non-hydrogen) atoms. The van der Waals surface area contributed by atoms with Gasteiger partial charge in [0.15, 0.2) is 0 Å².